The van der Waals surface area contributed by atoms with Gasteiger partial charge >= 0.3 is 0 Å². The van der Waals surface area contributed by atoms with Gasteiger partial charge in [-0.25, -0.2) is 0 Å². The van der Waals surface area contributed by atoms with Crippen molar-refractivity contribution in [3.63, 3.8) is 0 Å². The maximum absolute atomic E-state index is 12.4. The van der Waals surface area contributed by atoms with Gasteiger partial charge in [0, 0.05) is 23.2 Å². The van der Waals surface area contributed by atoms with Crippen molar-refractivity contribution >= 4 is 23.2 Å². The molecule has 1 saturated carbocycles. The molecular weight excluding hydrogens is 320 g/mol. The van der Waals surface area contributed by atoms with E-state index in [0.717, 1.165) is 12.8 Å². The van der Waals surface area contributed by atoms with Gasteiger partial charge in [0.1, 0.15) is 11.5 Å². The van der Waals surface area contributed by atoms with Crippen LogP contribution in [0.2, 0.25) is 0 Å². The van der Waals surface area contributed by atoms with E-state index in [4.69, 9.17) is 9.47 Å². The van der Waals surface area contributed by atoms with Crippen LogP contribution in [-0.4, -0.2) is 26.0 Å². The lowest BCUT2D eigenvalue weighted by molar-refractivity contribution is -0.117. The zero-order valence-electron chi connectivity index (χ0n) is 14.2. The average molecular weight is 340 g/mol. The number of anilines is 2. The van der Waals surface area contributed by atoms with Gasteiger partial charge in [-0.2, -0.15) is 0 Å². The molecule has 130 valence electrons. The second-order valence-electron chi connectivity index (χ2n) is 5.86. The van der Waals surface area contributed by atoms with Crippen molar-refractivity contribution in [2.75, 3.05) is 24.9 Å². The minimum Gasteiger partial charge on any atom is -0.497 e. The number of rotatable bonds is 6. The van der Waals surface area contributed by atoms with Crippen molar-refractivity contribution in [2.45, 2.75) is 12.8 Å². The third kappa shape index (κ3) is 4.09. The summed E-state index contributed by atoms with van der Waals surface area (Å²) < 4.78 is 10.4. The highest BCUT2D eigenvalue weighted by molar-refractivity contribution is 6.05. The maximum atomic E-state index is 12.4. The molecule has 0 heterocycles. The molecule has 6 nitrogen and oxygen atoms in total. The van der Waals surface area contributed by atoms with Crippen molar-refractivity contribution in [1.29, 1.82) is 0 Å². The van der Waals surface area contributed by atoms with Crippen LogP contribution in [0, 0.1) is 5.92 Å². The van der Waals surface area contributed by atoms with Crippen molar-refractivity contribution in [3.05, 3.63) is 48.0 Å². The van der Waals surface area contributed by atoms with Crippen molar-refractivity contribution < 1.29 is 19.1 Å². The van der Waals surface area contributed by atoms with E-state index in [1.54, 1.807) is 49.6 Å². The summed E-state index contributed by atoms with van der Waals surface area (Å²) in [6, 6.07) is 12.0. The summed E-state index contributed by atoms with van der Waals surface area (Å²) in [4.78, 5) is 24.2. The SMILES string of the molecule is COc1ccc(OC)c(NC(=O)c2ccc(NC(=O)C3CC3)cc2)c1. The number of carbonyl (C=O) groups is 2. The number of hydrogen-bond donors (Lipinski definition) is 2. The van der Waals surface area contributed by atoms with Gasteiger partial charge in [0.2, 0.25) is 5.91 Å². The normalized spacial score (nSPS) is 13.0. The molecule has 0 aromatic heterocycles. The molecule has 0 bridgehead atoms. The molecule has 2 N–H and O–H groups in total. The van der Waals surface area contributed by atoms with Crippen molar-refractivity contribution in [3.8, 4) is 11.5 Å². The molecule has 0 saturated heterocycles. The Bertz CT molecular complexity index is 783. The molecule has 2 aromatic rings. The van der Waals surface area contributed by atoms with Crippen LogP contribution in [-0.2, 0) is 4.79 Å². The van der Waals surface area contributed by atoms with Crippen LogP contribution in [0.1, 0.15) is 23.2 Å². The van der Waals surface area contributed by atoms with Gasteiger partial charge in [-0.3, -0.25) is 9.59 Å². The van der Waals surface area contributed by atoms with Crippen molar-refractivity contribution in [2.24, 2.45) is 5.92 Å². The van der Waals surface area contributed by atoms with E-state index in [1.807, 2.05) is 0 Å². The lowest BCUT2D eigenvalue weighted by atomic mass is 10.1. The van der Waals surface area contributed by atoms with Gasteiger partial charge in [0.15, 0.2) is 0 Å². The fourth-order valence-electron chi connectivity index (χ4n) is 2.40. The smallest absolute Gasteiger partial charge is 0.255 e. The molecule has 0 spiro atoms. The first-order chi connectivity index (χ1) is 12.1. The van der Waals surface area contributed by atoms with Gasteiger partial charge in [-0.05, 0) is 49.2 Å². The van der Waals surface area contributed by atoms with Crippen molar-refractivity contribution in [1.82, 2.24) is 0 Å². The molecule has 3 rings (SSSR count). The second kappa shape index (κ2) is 7.25. The fourth-order valence-corrected chi connectivity index (χ4v) is 2.40. The summed E-state index contributed by atoms with van der Waals surface area (Å²) in [5.74, 6) is 1.07. The van der Waals surface area contributed by atoms with Gasteiger partial charge in [-0.1, -0.05) is 0 Å². The van der Waals surface area contributed by atoms with Crippen LogP contribution >= 0.6 is 0 Å². The summed E-state index contributed by atoms with van der Waals surface area (Å²) in [6.45, 7) is 0. The van der Waals surface area contributed by atoms with Gasteiger partial charge in [-0.15, -0.1) is 0 Å². The Kier molecular flexibility index (Phi) is 4.88. The Morgan fingerprint density at radius 1 is 0.960 bits per heavy atom. The van der Waals surface area contributed by atoms with E-state index >= 15 is 0 Å². The van der Waals surface area contributed by atoms with E-state index in [2.05, 4.69) is 10.6 Å². The van der Waals surface area contributed by atoms with Crippen LogP contribution in [0.25, 0.3) is 0 Å². The molecule has 2 amide bonds. The summed E-state index contributed by atoms with van der Waals surface area (Å²) in [5, 5.41) is 5.66. The highest BCUT2D eigenvalue weighted by Crippen LogP contribution is 2.31. The number of hydrogen-bond acceptors (Lipinski definition) is 4. The minimum absolute atomic E-state index is 0.0401. The molecule has 0 aliphatic heterocycles. The number of methoxy groups -OCH3 is 2. The molecule has 1 aliphatic rings. The molecule has 0 radical (unpaired) electrons. The Balaban J connectivity index is 1.69. The zero-order chi connectivity index (χ0) is 17.8. The predicted molar refractivity (Wildman–Crippen MR) is 95.3 cm³/mol. The molecule has 6 heteroatoms. The standard InChI is InChI=1S/C19H20N2O4/c1-24-15-9-10-17(25-2)16(11-15)21-19(23)13-5-7-14(8-6-13)20-18(22)12-3-4-12/h5-12H,3-4H2,1-2H3,(H,20,22)(H,21,23). The van der Waals surface area contributed by atoms with Gasteiger partial charge in [0.05, 0.1) is 19.9 Å². The van der Waals surface area contributed by atoms with Crippen LogP contribution in [0.4, 0.5) is 11.4 Å². The van der Waals surface area contributed by atoms with E-state index in [1.165, 1.54) is 7.11 Å². The summed E-state index contributed by atoms with van der Waals surface area (Å²) in [6.07, 6.45) is 1.91. The third-order valence-electron chi connectivity index (χ3n) is 4.02. The van der Waals surface area contributed by atoms with E-state index in [-0.39, 0.29) is 17.7 Å². The monoisotopic (exact) mass is 340 g/mol. The van der Waals surface area contributed by atoms with Crippen LogP contribution in [0.15, 0.2) is 42.5 Å². The first kappa shape index (κ1) is 16.8. The van der Waals surface area contributed by atoms with Gasteiger partial charge < -0.3 is 20.1 Å². The summed E-state index contributed by atoms with van der Waals surface area (Å²) in [7, 11) is 3.09. The highest BCUT2D eigenvalue weighted by atomic mass is 16.5. The zero-order valence-corrected chi connectivity index (χ0v) is 14.2. The number of amides is 2. The predicted octanol–water partition coefficient (Wildman–Crippen LogP) is 3.30. The minimum atomic E-state index is -0.272. The third-order valence-corrected chi connectivity index (χ3v) is 4.02. The fraction of sp³-hybridized carbons (Fsp3) is 0.263. The quantitative estimate of drug-likeness (QED) is 0.846. The molecule has 0 unspecified atom stereocenters. The number of benzene rings is 2. The Labute approximate surface area is 146 Å². The summed E-state index contributed by atoms with van der Waals surface area (Å²) >= 11 is 0. The molecule has 25 heavy (non-hydrogen) atoms. The maximum Gasteiger partial charge on any atom is 0.255 e. The lowest BCUT2D eigenvalue weighted by Gasteiger charge is -2.12. The number of carbonyl (C=O) groups excluding carboxylic acids is 2. The topological polar surface area (TPSA) is 76.7 Å². The average Bonchev–Trinajstić information content (AvgIpc) is 3.47. The number of ether oxygens (including phenoxy) is 2. The largest absolute Gasteiger partial charge is 0.497 e. The number of nitrogens with one attached hydrogen (secondary N) is 2. The van der Waals surface area contributed by atoms with Crippen LogP contribution in [0.5, 0.6) is 11.5 Å². The van der Waals surface area contributed by atoms with Crippen LogP contribution in [0.3, 0.4) is 0 Å². The second-order valence-corrected chi connectivity index (χ2v) is 5.86. The molecular formula is C19H20N2O4. The Morgan fingerprint density at radius 2 is 1.68 bits per heavy atom. The first-order valence-corrected chi connectivity index (χ1v) is 8.05. The van der Waals surface area contributed by atoms with E-state index < -0.39 is 0 Å². The first-order valence-electron chi connectivity index (χ1n) is 8.05. The van der Waals surface area contributed by atoms with E-state index in [0.29, 0.717) is 28.4 Å². The summed E-state index contributed by atoms with van der Waals surface area (Å²) in [5.41, 5.74) is 1.69. The van der Waals surface area contributed by atoms with Crippen LogP contribution < -0.4 is 20.1 Å². The lowest BCUT2D eigenvalue weighted by Crippen LogP contribution is -2.15. The molecule has 0 atom stereocenters. The Morgan fingerprint density at radius 3 is 2.28 bits per heavy atom. The Hall–Kier alpha value is -3.02. The highest BCUT2D eigenvalue weighted by Gasteiger charge is 2.29. The molecule has 2 aromatic carbocycles. The van der Waals surface area contributed by atoms with Gasteiger partial charge in [0.25, 0.3) is 5.91 Å². The molecule has 1 aliphatic carbocycles. The van der Waals surface area contributed by atoms with E-state index in [9.17, 15) is 9.59 Å². The molecule has 1 fully saturated rings.